The molecule has 222 valence electrons. The number of benzene rings is 1. The first-order valence-electron chi connectivity index (χ1n) is 14.5. The lowest BCUT2D eigenvalue weighted by atomic mass is 10.1. The van der Waals surface area contributed by atoms with E-state index in [1.807, 2.05) is 24.8 Å². The zero-order chi connectivity index (χ0) is 29.4. The number of ether oxygens (including phenoxy) is 1. The lowest BCUT2D eigenvalue weighted by molar-refractivity contribution is 0.229. The van der Waals surface area contributed by atoms with Gasteiger partial charge in [-0.15, -0.1) is 0 Å². The third-order valence-corrected chi connectivity index (χ3v) is 7.89. The lowest BCUT2D eigenvalue weighted by Crippen LogP contribution is -2.48. The van der Waals surface area contributed by atoms with Crippen molar-refractivity contribution in [3.63, 3.8) is 0 Å². The van der Waals surface area contributed by atoms with Crippen LogP contribution in [-0.4, -0.2) is 107 Å². The third kappa shape index (κ3) is 5.86. The van der Waals surface area contributed by atoms with Gasteiger partial charge in [-0.2, -0.15) is 0 Å². The van der Waals surface area contributed by atoms with E-state index in [1.165, 1.54) is 6.07 Å². The molecule has 0 spiro atoms. The first-order valence-corrected chi connectivity index (χ1v) is 14.5. The zero-order valence-corrected chi connectivity index (χ0v) is 24.6. The maximum Gasteiger partial charge on any atom is 0.178 e. The Labute approximate surface area is 244 Å². The van der Waals surface area contributed by atoms with E-state index in [-0.39, 0.29) is 23.9 Å². The number of anilines is 2. The highest BCUT2D eigenvalue weighted by Crippen LogP contribution is 2.39. The van der Waals surface area contributed by atoms with Gasteiger partial charge in [0.15, 0.2) is 17.4 Å². The second kappa shape index (κ2) is 11.8. The normalized spacial score (nSPS) is 16.0. The van der Waals surface area contributed by atoms with Gasteiger partial charge in [0.25, 0.3) is 0 Å². The topological polar surface area (TPSA) is 89.5 Å². The summed E-state index contributed by atoms with van der Waals surface area (Å²) in [6.07, 6.45) is 3.19. The first kappa shape index (κ1) is 28.2. The Kier molecular flexibility index (Phi) is 7.91. The van der Waals surface area contributed by atoms with Gasteiger partial charge in [-0.05, 0) is 40.1 Å². The van der Waals surface area contributed by atoms with Crippen LogP contribution < -0.4 is 14.5 Å². The molecule has 0 aliphatic carbocycles. The Morgan fingerprint density at radius 1 is 0.976 bits per heavy atom. The summed E-state index contributed by atoms with van der Waals surface area (Å²) in [5.41, 5.74) is 2.59. The van der Waals surface area contributed by atoms with Crippen molar-refractivity contribution in [2.45, 2.75) is 26.3 Å². The number of nitrogens with zero attached hydrogens (tertiary/aromatic N) is 8. The summed E-state index contributed by atoms with van der Waals surface area (Å²) in [5.74, 6) is 0.958. The molecule has 1 aromatic carbocycles. The van der Waals surface area contributed by atoms with Crippen LogP contribution >= 0.6 is 0 Å². The van der Waals surface area contributed by atoms with Gasteiger partial charge in [-0.25, -0.2) is 28.7 Å². The van der Waals surface area contributed by atoms with Crippen molar-refractivity contribution < 1.29 is 13.5 Å². The third-order valence-electron chi connectivity index (χ3n) is 7.89. The number of pyridine rings is 1. The summed E-state index contributed by atoms with van der Waals surface area (Å²) >= 11 is 0. The minimum Gasteiger partial charge on any atom is -0.486 e. The molecule has 3 aromatic heterocycles. The predicted molar refractivity (Wildman–Crippen MR) is 159 cm³/mol. The van der Waals surface area contributed by atoms with Crippen LogP contribution in [0.3, 0.4) is 0 Å². The number of aromatic nitrogens is 5. The monoisotopic (exact) mass is 577 g/mol. The van der Waals surface area contributed by atoms with Crippen molar-refractivity contribution in [1.29, 1.82) is 0 Å². The Bertz CT molecular complexity index is 1570. The molecular formula is C30H37F2N9O. The number of aromatic amines is 1. The van der Waals surface area contributed by atoms with E-state index < -0.39 is 11.6 Å². The Morgan fingerprint density at radius 2 is 1.79 bits per heavy atom. The summed E-state index contributed by atoms with van der Waals surface area (Å²) in [6, 6.07) is 5.14. The number of H-pyrrole nitrogens is 1. The molecule has 1 saturated heterocycles. The maximum absolute atomic E-state index is 15.1. The van der Waals surface area contributed by atoms with Crippen LogP contribution in [0.1, 0.15) is 25.5 Å². The fourth-order valence-electron chi connectivity index (χ4n) is 5.57. The standard InChI is InChI=1S/C30H37F2N9O/c1-19(2)41-11-12-42-30-21(31)13-20(14-25(30)41)29-22(32)17-33-26(37-29)16-27-35-23-15-28(34-18-24(23)36-27)40-9-7-39(8-10-40)6-5-38(3)4/h13-15,17-19H,5-12,16H2,1-4H3,(H,35,36). The van der Waals surface area contributed by atoms with Gasteiger partial charge in [0.1, 0.15) is 29.8 Å². The number of likely N-dealkylation sites (N-methyl/N-ethyl adjacent to an activating group) is 1. The summed E-state index contributed by atoms with van der Waals surface area (Å²) in [4.78, 5) is 30.4. The van der Waals surface area contributed by atoms with E-state index in [1.54, 1.807) is 12.3 Å². The summed E-state index contributed by atoms with van der Waals surface area (Å²) in [5, 5.41) is 0. The molecule has 10 nitrogen and oxygen atoms in total. The van der Waals surface area contributed by atoms with E-state index in [4.69, 9.17) is 9.72 Å². The maximum atomic E-state index is 15.1. The van der Waals surface area contributed by atoms with Crippen molar-refractivity contribution >= 4 is 22.5 Å². The summed E-state index contributed by atoms with van der Waals surface area (Å²) in [7, 11) is 4.20. The van der Waals surface area contributed by atoms with Crippen LogP contribution in [0, 0.1) is 11.6 Å². The van der Waals surface area contributed by atoms with Crippen LogP contribution in [0.25, 0.3) is 22.3 Å². The molecule has 2 aliphatic rings. The largest absolute Gasteiger partial charge is 0.486 e. The summed E-state index contributed by atoms with van der Waals surface area (Å²) < 4.78 is 35.6. The van der Waals surface area contributed by atoms with E-state index >= 15 is 4.39 Å². The van der Waals surface area contributed by atoms with E-state index in [2.05, 4.69) is 48.7 Å². The van der Waals surface area contributed by atoms with E-state index in [0.717, 1.165) is 62.3 Å². The fraction of sp³-hybridized carbons (Fsp3) is 0.467. The smallest absolute Gasteiger partial charge is 0.178 e. The van der Waals surface area contributed by atoms with Gasteiger partial charge in [-0.1, -0.05) is 0 Å². The number of hydrogen-bond acceptors (Lipinski definition) is 9. The molecule has 0 radical (unpaired) electrons. The first-order chi connectivity index (χ1) is 20.2. The SMILES string of the molecule is CC(C)N1CCOc2c(F)cc(-c3nc(Cc4nc5cc(N6CCN(CCN(C)C)CC6)ncc5[nH]4)ncc3F)cc21. The van der Waals surface area contributed by atoms with Gasteiger partial charge in [0.05, 0.1) is 42.1 Å². The second-order valence-electron chi connectivity index (χ2n) is 11.5. The highest BCUT2D eigenvalue weighted by Gasteiger charge is 2.26. The number of hydrogen-bond donors (Lipinski definition) is 1. The molecule has 42 heavy (non-hydrogen) atoms. The predicted octanol–water partition coefficient (Wildman–Crippen LogP) is 3.57. The molecule has 5 heterocycles. The van der Waals surface area contributed by atoms with Crippen LogP contribution in [0.4, 0.5) is 20.3 Å². The van der Waals surface area contributed by atoms with Crippen LogP contribution in [-0.2, 0) is 6.42 Å². The van der Waals surface area contributed by atoms with E-state index in [0.29, 0.717) is 36.1 Å². The molecule has 12 heteroatoms. The Morgan fingerprint density at radius 3 is 2.55 bits per heavy atom. The molecule has 6 rings (SSSR count). The lowest BCUT2D eigenvalue weighted by Gasteiger charge is -2.35. The number of imidazole rings is 1. The van der Waals surface area contributed by atoms with Gasteiger partial charge in [0.2, 0.25) is 0 Å². The van der Waals surface area contributed by atoms with Gasteiger partial charge < -0.3 is 24.4 Å². The highest BCUT2D eigenvalue weighted by atomic mass is 19.1. The molecule has 0 saturated carbocycles. The molecule has 0 bridgehead atoms. The highest BCUT2D eigenvalue weighted by molar-refractivity contribution is 5.77. The number of nitrogens with one attached hydrogen (secondary N) is 1. The number of piperazine rings is 1. The molecule has 1 fully saturated rings. The average Bonchev–Trinajstić information content (AvgIpc) is 3.38. The minimum atomic E-state index is -0.619. The zero-order valence-electron chi connectivity index (χ0n) is 24.6. The molecular weight excluding hydrogens is 540 g/mol. The van der Waals surface area contributed by atoms with Gasteiger partial charge in [-0.3, -0.25) is 4.90 Å². The Balaban J connectivity index is 1.20. The van der Waals surface area contributed by atoms with Crippen LogP contribution in [0.15, 0.2) is 30.6 Å². The summed E-state index contributed by atoms with van der Waals surface area (Å²) in [6.45, 7) is 11.0. The molecule has 1 N–H and O–H groups in total. The average molecular weight is 578 g/mol. The molecule has 0 atom stereocenters. The van der Waals surface area contributed by atoms with Crippen molar-refractivity contribution in [2.24, 2.45) is 0 Å². The molecule has 2 aliphatic heterocycles. The van der Waals surface area contributed by atoms with Crippen molar-refractivity contribution in [1.82, 2.24) is 34.7 Å². The molecule has 0 unspecified atom stereocenters. The van der Waals surface area contributed by atoms with Crippen molar-refractivity contribution in [3.8, 4) is 17.0 Å². The Hall–Kier alpha value is -3.90. The fourth-order valence-corrected chi connectivity index (χ4v) is 5.57. The van der Waals surface area contributed by atoms with Crippen molar-refractivity contribution in [3.05, 3.63) is 53.9 Å². The van der Waals surface area contributed by atoms with Crippen LogP contribution in [0.5, 0.6) is 5.75 Å². The number of rotatable bonds is 8. The minimum absolute atomic E-state index is 0.0424. The number of fused-ring (bicyclic) bond motifs is 2. The van der Waals surface area contributed by atoms with Crippen molar-refractivity contribution in [2.75, 3.05) is 76.3 Å². The van der Waals surface area contributed by atoms with E-state index in [9.17, 15) is 4.39 Å². The molecule has 4 aromatic rings. The quantitative estimate of drug-likeness (QED) is 0.338. The van der Waals surface area contributed by atoms with Gasteiger partial charge in [0, 0.05) is 56.9 Å². The van der Waals surface area contributed by atoms with Crippen LogP contribution in [0.2, 0.25) is 0 Å². The second-order valence-corrected chi connectivity index (χ2v) is 11.5. The molecule has 0 amide bonds. The number of halogens is 2. The van der Waals surface area contributed by atoms with Gasteiger partial charge >= 0.3 is 0 Å².